The van der Waals surface area contributed by atoms with Crippen molar-refractivity contribution in [1.82, 2.24) is 0 Å². The van der Waals surface area contributed by atoms with Gasteiger partial charge in [0.05, 0.1) is 0 Å². The van der Waals surface area contributed by atoms with Crippen molar-refractivity contribution >= 4 is 5.57 Å². The fraction of sp³-hybridized carbons (Fsp3) is 0.217. The second kappa shape index (κ2) is 14.6. The van der Waals surface area contributed by atoms with Crippen molar-refractivity contribution < 1.29 is 0 Å². The van der Waals surface area contributed by atoms with Crippen molar-refractivity contribution in [3.8, 4) is 0 Å². The zero-order valence-corrected chi connectivity index (χ0v) is 14.3. The maximum absolute atomic E-state index is 3.80. The molecular formula is C23H32. The largest absolute Gasteiger partial charge is 0.0990 e. The average Bonchev–Trinajstić information content (AvgIpc) is 2.57. The Labute approximate surface area is 144 Å². The van der Waals surface area contributed by atoms with E-state index in [4.69, 9.17) is 0 Å². The minimum absolute atomic E-state index is 0. The first-order valence-electron chi connectivity index (χ1n) is 7.74. The summed E-state index contributed by atoms with van der Waals surface area (Å²) in [4.78, 5) is 0. The number of benzene rings is 1. The van der Waals surface area contributed by atoms with Crippen LogP contribution in [0.15, 0.2) is 97.2 Å². The van der Waals surface area contributed by atoms with Crippen molar-refractivity contribution in [2.75, 3.05) is 0 Å². The van der Waals surface area contributed by atoms with Gasteiger partial charge in [0.25, 0.3) is 0 Å². The highest BCUT2D eigenvalue weighted by atomic mass is 14.0. The van der Waals surface area contributed by atoms with Crippen LogP contribution in [0.2, 0.25) is 0 Å². The van der Waals surface area contributed by atoms with E-state index in [2.05, 4.69) is 75.6 Å². The highest BCUT2D eigenvalue weighted by molar-refractivity contribution is 5.74. The predicted octanol–water partition coefficient (Wildman–Crippen LogP) is 7.55. The number of hydrogen-bond donors (Lipinski definition) is 0. The Morgan fingerprint density at radius 2 is 1.61 bits per heavy atom. The third-order valence-corrected chi connectivity index (χ3v) is 2.88. The van der Waals surface area contributed by atoms with Crippen LogP contribution in [0.4, 0.5) is 0 Å². The van der Waals surface area contributed by atoms with Gasteiger partial charge in [0.15, 0.2) is 0 Å². The summed E-state index contributed by atoms with van der Waals surface area (Å²) in [6.45, 7) is 15.6. The topological polar surface area (TPSA) is 0 Å². The maximum Gasteiger partial charge on any atom is -0.0187 e. The van der Waals surface area contributed by atoms with Crippen LogP contribution in [0.1, 0.15) is 40.7 Å². The summed E-state index contributed by atoms with van der Waals surface area (Å²) in [5.41, 5.74) is 4.67. The highest BCUT2D eigenvalue weighted by Gasteiger charge is 1.94. The molecule has 1 aromatic rings. The van der Waals surface area contributed by atoms with Gasteiger partial charge in [-0.2, -0.15) is 0 Å². The Kier molecular flexibility index (Phi) is 14.5. The molecule has 1 aromatic carbocycles. The minimum atomic E-state index is 0. The average molecular weight is 309 g/mol. The van der Waals surface area contributed by atoms with Gasteiger partial charge in [0.2, 0.25) is 0 Å². The summed E-state index contributed by atoms with van der Waals surface area (Å²) in [7, 11) is 0. The first-order valence-corrected chi connectivity index (χ1v) is 7.74. The third-order valence-electron chi connectivity index (χ3n) is 2.88. The molecule has 0 saturated carbocycles. The zero-order valence-electron chi connectivity index (χ0n) is 14.3. The molecule has 1 rings (SSSR count). The van der Waals surface area contributed by atoms with Crippen molar-refractivity contribution in [2.45, 2.75) is 35.1 Å². The summed E-state index contributed by atoms with van der Waals surface area (Å²) in [5.74, 6) is 0. The normalized spacial score (nSPS) is 12.1. The van der Waals surface area contributed by atoms with Crippen LogP contribution in [0.25, 0.3) is 5.57 Å². The van der Waals surface area contributed by atoms with Gasteiger partial charge in [-0.05, 0) is 30.6 Å². The zero-order chi connectivity index (χ0) is 16.8. The fourth-order valence-corrected chi connectivity index (χ4v) is 1.83. The van der Waals surface area contributed by atoms with Crippen LogP contribution in [0.5, 0.6) is 0 Å². The van der Waals surface area contributed by atoms with E-state index in [1.165, 1.54) is 16.7 Å². The number of allylic oxidation sites excluding steroid dienone is 10. The first-order chi connectivity index (χ1) is 10.7. The van der Waals surface area contributed by atoms with Crippen molar-refractivity contribution in [2.24, 2.45) is 0 Å². The molecule has 0 bridgehead atoms. The lowest BCUT2D eigenvalue weighted by Gasteiger charge is -2.01. The smallest absolute Gasteiger partial charge is 0.0187 e. The van der Waals surface area contributed by atoms with Gasteiger partial charge in [-0.15, -0.1) is 0 Å². The SMILES string of the molecule is C.C=C/C=C(C=C)/C=C(C)/C=C\C(=C/C)c1ccccc1.CC. The highest BCUT2D eigenvalue weighted by Crippen LogP contribution is 2.16. The molecule has 0 heterocycles. The molecule has 0 atom stereocenters. The van der Waals surface area contributed by atoms with Gasteiger partial charge in [-0.3, -0.25) is 0 Å². The van der Waals surface area contributed by atoms with Crippen LogP contribution < -0.4 is 0 Å². The van der Waals surface area contributed by atoms with Gasteiger partial charge in [-0.1, -0.05) is 113 Å². The van der Waals surface area contributed by atoms with Crippen LogP contribution in [-0.4, -0.2) is 0 Å². The fourth-order valence-electron chi connectivity index (χ4n) is 1.83. The third kappa shape index (κ3) is 9.31. The van der Waals surface area contributed by atoms with Crippen molar-refractivity contribution in [3.05, 3.63) is 103 Å². The quantitative estimate of drug-likeness (QED) is 0.476. The van der Waals surface area contributed by atoms with E-state index >= 15 is 0 Å². The summed E-state index contributed by atoms with van der Waals surface area (Å²) in [6.07, 6.45) is 14.0. The predicted molar refractivity (Wildman–Crippen MR) is 110 cm³/mol. The van der Waals surface area contributed by atoms with Crippen LogP contribution in [0, 0.1) is 0 Å². The number of rotatable bonds is 6. The van der Waals surface area contributed by atoms with E-state index in [1.54, 1.807) is 6.08 Å². The Hall–Kier alpha value is -2.34. The molecule has 0 aliphatic heterocycles. The van der Waals surface area contributed by atoms with Gasteiger partial charge in [-0.25, -0.2) is 0 Å². The molecule has 0 nitrogen and oxygen atoms in total. The summed E-state index contributed by atoms with van der Waals surface area (Å²) in [6, 6.07) is 10.4. The molecule has 124 valence electrons. The van der Waals surface area contributed by atoms with Crippen LogP contribution in [-0.2, 0) is 0 Å². The molecule has 0 amide bonds. The van der Waals surface area contributed by atoms with E-state index in [9.17, 15) is 0 Å². The molecule has 0 unspecified atom stereocenters. The summed E-state index contributed by atoms with van der Waals surface area (Å²) < 4.78 is 0. The van der Waals surface area contributed by atoms with Crippen molar-refractivity contribution in [1.29, 1.82) is 0 Å². The van der Waals surface area contributed by atoms with Gasteiger partial charge < -0.3 is 0 Å². The Morgan fingerprint density at radius 3 is 2.09 bits per heavy atom. The molecule has 0 aromatic heterocycles. The molecule has 0 heteroatoms. The van der Waals surface area contributed by atoms with Crippen LogP contribution in [0.3, 0.4) is 0 Å². The van der Waals surface area contributed by atoms with E-state index in [0.29, 0.717) is 0 Å². The molecule has 0 saturated heterocycles. The molecule has 23 heavy (non-hydrogen) atoms. The Bertz CT molecular complexity index is 563. The van der Waals surface area contributed by atoms with E-state index < -0.39 is 0 Å². The van der Waals surface area contributed by atoms with Gasteiger partial charge >= 0.3 is 0 Å². The maximum atomic E-state index is 3.80. The van der Waals surface area contributed by atoms with E-state index in [-0.39, 0.29) is 7.43 Å². The first kappa shape index (κ1) is 22.9. The molecule has 0 spiro atoms. The lowest BCUT2D eigenvalue weighted by Crippen LogP contribution is -1.80. The van der Waals surface area contributed by atoms with E-state index in [0.717, 1.165) is 5.57 Å². The Balaban J connectivity index is 0. The minimum Gasteiger partial charge on any atom is -0.0990 e. The standard InChI is InChI=1S/C20H22.C2H6.CH4/c1-5-11-18(6-2)16-17(4)14-15-19(7-3)20-12-9-8-10-13-20;1-2;/h5-16H,1-2H2,3-4H3;1-2H3;1H4/b15-14-,17-16+,18-11+,19-7+;;. The van der Waals surface area contributed by atoms with Crippen LogP contribution >= 0.6 is 0 Å². The van der Waals surface area contributed by atoms with E-state index in [1.807, 2.05) is 32.1 Å². The second-order valence-electron chi connectivity index (χ2n) is 4.44. The van der Waals surface area contributed by atoms with Gasteiger partial charge in [0, 0.05) is 0 Å². The molecular weight excluding hydrogens is 276 g/mol. The summed E-state index contributed by atoms with van der Waals surface area (Å²) >= 11 is 0. The second-order valence-corrected chi connectivity index (χ2v) is 4.44. The molecule has 0 fully saturated rings. The lowest BCUT2D eigenvalue weighted by atomic mass is 10.0. The molecule has 0 radical (unpaired) electrons. The van der Waals surface area contributed by atoms with Gasteiger partial charge in [0.1, 0.15) is 0 Å². The summed E-state index contributed by atoms with van der Waals surface area (Å²) in [5, 5.41) is 0. The molecule has 0 aliphatic carbocycles. The molecule has 0 N–H and O–H groups in total. The number of hydrogen-bond acceptors (Lipinski definition) is 0. The monoisotopic (exact) mass is 308 g/mol. The van der Waals surface area contributed by atoms with Crippen molar-refractivity contribution in [3.63, 3.8) is 0 Å². The molecule has 0 aliphatic rings. The Morgan fingerprint density at radius 1 is 1.00 bits per heavy atom. The lowest BCUT2D eigenvalue weighted by molar-refractivity contribution is 1.48.